The van der Waals surface area contributed by atoms with Crippen molar-refractivity contribution >= 4 is 15.7 Å². The highest BCUT2D eigenvalue weighted by atomic mass is 32.2. The molecule has 0 aromatic heterocycles. The molecule has 0 radical (unpaired) electrons. The molecule has 3 aliphatic rings. The number of rotatable bonds is 4. The lowest BCUT2D eigenvalue weighted by atomic mass is 9.72. The SMILES string of the molecule is CC1(O)CCN(C(=O)[C@H]2CC[C@]3(S(=O)(=O)c4ccc(F)cc4)c4ccc(C(F)(C(F)(F)F)C(F)(F)F)cc4CC[C@H]23)CC1. The predicted molar refractivity (Wildman–Crippen MR) is 138 cm³/mol. The first-order chi connectivity index (χ1) is 19.8. The van der Waals surface area contributed by atoms with Gasteiger partial charge in [-0.2, -0.15) is 26.3 Å². The quantitative estimate of drug-likeness (QED) is 0.323. The van der Waals surface area contributed by atoms with Gasteiger partial charge in [-0.1, -0.05) is 18.2 Å². The van der Waals surface area contributed by atoms with Crippen LogP contribution in [0.4, 0.5) is 35.1 Å². The average molecular weight is 640 g/mol. The van der Waals surface area contributed by atoms with E-state index in [0.717, 1.165) is 30.3 Å². The first-order valence-corrected chi connectivity index (χ1v) is 15.2. The Morgan fingerprint density at radius 1 is 0.907 bits per heavy atom. The maximum atomic E-state index is 15.0. The fraction of sp³-hybridized carbons (Fsp3) is 0.552. The molecule has 1 N–H and O–H groups in total. The van der Waals surface area contributed by atoms with Gasteiger partial charge in [0, 0.05) is 24.6 Å². The normalized spacial score (nSPS) is 26.1. The molecule has 2 aromatic rings. The summed E-state index contributed by atoms with van der Waals surface area (Å²) < 4.78 is 137. The van der Waals surface area contributed by atoms with Crippen molar-refractivity contribution in [2.45, 2.75) is 78.7 Å². The van der Waals surface area contributed by atoms with E-state index in [4.69, 9.17) is 0 Å². The summed E-state index contributed by atoms with van der Waals surface area (Å²) in [5.41, 5.74) is -8.68. The molecular weight excluding hydrogens is 610 g/mol. The number of benzene rings is 2. The Balaban J connectivity index is 1.64. The van der Waals surface area contributed by atoms with Crippen molar-refractivity contribution < 1.29 is 53.4 Å². The number of amides is 1. The molecule has 1 saturated carbocycles. The number of aliphatic hydroxyl groups is 1. The summed E-state index contributed by atoms with van der Waals surface area (Å²) in [7, 11) is -4.53. The van der Waals surface area contributed by atoms with Crippen LogP contribution in [0, 0.1) is 17.7 Å². The molecule has 2 aromatic carbocycles. The minimum Gasteiger partial charge on any atom is -0.390 e. The molecule has 1 heterocycles. The molecule has 14 heteroatoms. The van der Waals surface area contributed by atoms with Crippen LogP contribution in [-0.4, -0.2) is 55.4 Å². The number of likely N-dealkylation sites (tertiary alicyclic amines) is 1. The zero-order chi connectivity index (χ0) is 31.8. The third-order valence-corrected chi connectivity index (χ3v) is 12.0. The highest BCUT2D eigenvalue weighted by Gasteiger charge is 2.74. The van der Waals surface area contributed by atoms with Crippen molar-refractivity contribution in [3.8, 4) is 0 Å². The average Bonchev–Trinajstić information content (AvgIpc) is 3.32. The van der Waals surface area contributed by atoms with Gasteiger partial charge >= 0.3 is 18.0 Å². The summed E-state index contributed by atoms with van der Waals surface area (Å²) in [5.74, 6) is -2.86. The summed E-state index contributed by atoms with van der Waals surface area (Å²) in [6, 6.07) is 5.39. The van der Waals surface area contributed by atoms with Crippen LogP contribution >= 0.6 is 0 Å². The Morgan fingerprint density at radius 3 is 2.05 bits per heavy atom. The van der Waals surface area contributed by atoms with Crippen molar-refractivity contribution in [3.63, 3.8) is 0 Å². The summed E-state index contributed by atoms with van der Waals surface area (Å²) in [4.78, 5) is 14.9. The first kappa shape index (κ1) is 31.7. The second-order valence-electron chi connectivity index (χ2n) is 12.0. The van der Waals surface area contributed by atoms with Gasteiger partial charge in [0.2, 0.25) is 5.91 Å². The number of carbonyl (C=O) groups excluding carboxylic acids is 1. The summed E-state index contributed by atoms with van der Waals surface area (Å²) in [5, 5.41) is 10.3. The molecule has 1 saturated heterocycles. The number of aryl methyl sites for hydroxylation is 1. The van der Waals surface area contributed by atoms with E-state index in [-0.39, 0.29) is 60.7 Å². The molecule has 2 fully saturated rings. The maximum absolute atomic E-state index is 15.0. The van der Waals surface area contributed by atoms with Gasteiger partial charge < -0.3 is 10.0 Å². The van der Waals surface area contributed by atoms with Crippen molar-refractivity contribution in [1.82, 2.24) is 4.90 Å². The Labute approximate surface area is 242 Å². The van der Waals surface area contributed by atoms with Crippen LogP contribution in [0.15, 0.2) is 47.4 Å². The van der Waals surface area contributed by atoms with Crippen molar-refractivity contribution in [3.05, 3.63) is 65.0 Å². The lowest BCUT2D eigenvalue weighted by Gasteiger charge is -2.44. The molecule has 1 amide bonds. The number of halogens is 8. The van der Waals surface area contributed by atoms with Crippen LogP contribution < -0.4 is 0 Å². The van der Waals surface area contributed by atoms with Gasteiger partial charge in [-0.05, 0) is 86.8 Å². The molecule has 1 aliphatic heterocycles. The van der Waals surface area contributed by atoms with E-state index in [1.165, 1.54) is 4.90 Å². The van der Waals surface area contributed by atoms with E-state index >= 15 is 0 Å². The van der Waals surface area contributed by atoms with Gasteiger partial charge in [-0.15, -0.1) is 0 Å². The minimum atomic E-state index is -6.35. The van der Waals surface area contributed by atoms with Crippen LogP contribution in [0.1, 0.15) is 55.7 Å². The number of hydrogen-bond acceptors (Lipinski definition) is 4. The second kappa shape index (κ2) is 10.1. The minimum absolute atomic E-state index is 0.0517. The van der Waals surface area contributed by atoms with E-state index in [1.807, 2.05) is 0 Å². The fourth-order valence-corrected chi connectivity index (χ4v) is 9.59. The van der Waals surface area contributed by atoms with Gasteiger partial charge in [0.15, 0.2) is 9.84 Å². The molecule has 0 spiro atoms. The third kappa shape index (κ3) is 4.83. The van der Waals surface area contributed by atoms with Crippen LogP contribution in [0.5, 0.6) is 0 Å². The standard InChI is InChI=1S/C29H29F8NO4S/c1-25(40)12-14-38(15-13-25)24(39)21-10-11-26(43(41,42)20-6-4-19(30)5-7-20)22-9-3-18(16-17(22)2-8-23(21)26)27(31,28(32,33)34)29(35,36)37/h3-7,9,16,21,23,40H,2,8,10-15H2,1H3/t21-,23+,26-/m0/s1. The second-order valence-corrected chi connectivity index (χ2v) is 14.2. The molecule has 236 valence electrons. The molecule has 0 bridgehead atoms. The van der Waals surface area contributed by atoms with Crippen molar-refractivity contribution in [2.75, 3.05) is 13.1 Å². The van der Waals surface area contributed by atoms with Crippen LogP contribution in [0.25, 0.3) is 0 Å². The van der Waals surface area contributed by atoms with Crippen LogP contribution in [0.2, 0.25) is 0 Å². The van der Waals surface area contributed by atoms with Gasteiger partial charge in [0.25, 0.3) is 0 Å². The molecule has 5 rings (SSSR count). The van der Waals surface area contributed by atoms with E-state index in [0.29, 0.717) is 25.0 Å². The Hall–Kier alpha value is -2.74. The highest BCUT2D eigenvalue weighted by Crippen LogP contribution is 2.61. The lowest BCUT2D eigenvalue weighted by Crippen LogP contribution is -2.51. The molecule has 5 nitrogen and oxygen atoms in total. The molecule has 43 heavy (non-hydrogen) atoms. The predicted octanol–water partition coefficient (Wildman–Crippen LogP) is 6.13. The Bertz CT molecular complexity index is 1500. The largest absolute Gasteiger partial charge is 0.435 e. The topological polar surface area (TPSA) is 74.7 Å². The Morgan fingerprint density at radius 2 is 1.49 bits per heavy atom. The Kier molecular flexibility index (Phi) is 7.47. The van der Waals surface area contributed by atoms with Crippen molar-refractivity contribution in [1.29, 1.82) is 0 Å². The van der Waals surface area contributed by atoms with E-state index in [9.17, 15) is 53.4 Å². The smallest absolute Gasteiger partial charge is 0.390 e. The molecule has 3 atom stereocenters. The number of piperidine rings is 1. The highest BCUT2D eigenvalue weighted by molar-refractivity contribution is 7.92. The third-order valence-electron chi connectivity index (χ3n) is 9.45. The molecular formula is C29H29F8NO4S. The van der Waals surface area contributed by atoms with Gasteiger partial charge in [-0.3, -0.25) is 4.79 Å². The first-order valence-electron chi connectivity index (χ1n) is 13.7. The van der Waals surface area contributed by atoms with Gasteiger partial charge in [0.1, 0.15) is 10.6 Å². The zero-order valence-electron chi connectivity index (χ0n) is 22.9. The number of carbonyl (C=O) groups is 1. The van der Waals surface area contributed by atoms with E-state index in [2.05, 4.69) is 0 Å². The number of sulfone groups is 1. The van der Waals surface area contributed by atoms with Gasteiger partial charge in [-0.25, -0.2) is 17.2 Å². The van der Waals surface area contributed by atoms with Crippen molar-refractivity contribution in [2.24, 2.45) is 11.8 Å². The summed E-state index contributed by atoms with van der Waals surface area (Å²) >= 11 is 0. The number of alkyl halides is 7. The summed E-state index contributed by atoms with van der Waals surface area (Å²) in [6.07, 6.45) is -12.5. The monoisotopic (exact) mass is 639 g/mol. The number of nitrogens with zero attached hydrogens (tertiary/aromatic N) is 1. The maximum Gasteiger partial charge on any atom is 0.435 e. The van der Waals surface area contributed by atoms with Crippen LogP contribution in [-0.2, 0) is 31.5 Å². The summed E-state index contributed by atoms with van der Waals surface area (Å²) in [6.45, 7) is 2.08. The molecule has 2 aliphatic carbocycles. The fourth-order valence-electron chi connectivity index (χ4n) is 7.12. The molecule has 0 unspecified atom stereocenters. The van der Waals surface area contributed by atoms with E-state index in [1.54, 1.807) is 6.92 Å². The number of hydrogen-bond donors (Lipinski definition) is 1. The van der Waals surface area contributed by atoms with Gasteiger partial charge in [0.05, 0.1) is 10.5 Å². The van der Waals surface area contributed by atoms with E-state index < -0.39 is 61.4 Å². The van der Waals surface area contributed by atoms with Crippen LogP contribution in [0.3, 0.4) is 0 Å². The lowest BCUT2D eigenvalue weighted by molar-refractivity contribution is -0.348. The number of fused-ring (bicyclic) bond motifs is 3. The zero-order valence-corrected chi connectivity index (χ0v) is 23.7.